The summed E-state index contributed by atoms with van der Waals surface area (Å²) in [6.07, 6.45) is 9.99. The summed E-state index contributed by atoms with van der Waals surface area (Å²) in [5.41, 5.74) is -0.931. The van der Waals surface area contributed by atoms with Gasteiger partial charge in [-0.2, -0.15) is 0 Å². The minimum absolute atomic E-state index is 0.0717. The third-order valence-electron chi connectivity index (χ3n) is 8.98. The number of carboxylic acids is 1. The topological polar surface area (TPSA) is 80.7 Å². The Kier molecular flexibility index (Phi) is 4.60. The molecule has 5 nitrogen and oxygen atoms in total. The van der Waals surface area contributed by atoms with Gasteiger partial charge in [0.05, 0.1) is 0 Å². The van der Waals surface area contributed by atoms with Crippen molar-refractivity contribution in [2.45, 2.75) is 71.8 Å². The Morgan fingerprint density at radius 3 is 2.62 bits per heavy atom. The van der Waals surface area contributed by atoms with E-state index < -0.39 is 23.0 Å². The predicted molar refractivity (Wildman–Crippen MR) is 108 cm³/mol. The molecule has 1 N–H and O–H groups in total. The summed E-state index contributed by atoms with van der Waals surface area (Å²) in [5, 5.41) is 10.3. The van der Waals surface area contributed by atoms with Crippen molar-refractivity contribution in [1.82, 2.24) is 0 Å². The normalized spacial score (nSPS) is 45.7. The Bertz CT molecular complexity index is 825. The molecule has 0 aromatic rings. The Balaban J connectivity index is 1.74. The maximum Gasteiger partial charge on any atom is 0.349 e. The van der Waals surface area contributed by atoms with Crippen LogP contribution in [0.4, 0.5) is 0 Å². The number of allylic oxidation sites excluding steroid dienone is 4. The molecule has 0 aliphatic heterocycles. The van der Waals surface area contributed by atoms with Gasteiger partial charge < -0.3 is 9.84 Å². The number of hydrogen-bond acceptors (Lipinski definition) is 4. The molecule has 0 amide bonds. The summed E-state index contributed by atoms with van der Waals surface area (Å²) in [6, 6.07) is 0. The van der Waals surface area contributed by atoms with Crippen molar-refractivity contribution in [3.05, 3.63) is 23.8 Å². The summed E-state index contributed by atoms with van der Waals surface area (Å²) in [7, 11) is 0. The number of fused-ring (bicyclic) bond motifs is 5. The van der Waals surface area contributed by atoms with E-state index in [1.165, 1.54) is 5.57 Å². The number of carbonyl (C=O) groups excluding carboxylic acids is 2. The van der Waals surface area contributed by atoms with E-state index in [0.717, 1.165) is 32.1 Å². The Morgan fingerprint density at radius 1 is 1.24 bits per heavy atom. The van der Waals surface area contributed by atoms with E-state index in [2.05, 4.69) is 13.0 Å². The highest BCUT2D eigenvalue weighted by atomic mass is 16.6. The molecule has 0 radical (unpaired) electrons. The van der Waals surface area contributed by atoms with Crippen molar-refractivity contribution in [3.63, 3.8) is 0 Å². The van der Waals surface area contributed by atoms with Crippen LogP contribution in [0.15, 0.2) is 23.8 Å². The molecule has 4 aliphatic rings. The highest BCUT2D eigenvalue weighted by molar-refractivity contribution is 6.01. The van der Waals surface area contributed by atoms with Crippen LogP contribution in [-0.2, 0) is 19.1 Å². The smallest absolute Gasteiger partial charge is 0.349 e. The molecule has 0 spiro atoms. The predicted octanol–water partition coefficient (Wildman–Crippen LogP) is 4.32. The van der Waals surface area contributed by atoms with Crippen molar-refractivity contribution in [2.24, 2.45) is 34.5 Å². The SMILES string of the molecule is CCC(=O)O[C@]1(C(=O)O)[C@H](C)C[C@H]2[C@@H]3CCC4=CC(=O)C=C[C@]4(C)[C@H]3CC[C@@]21C. The van der Waals surface area contributed by atoms with Crippen LogP contribution < -0.4 is 0 Å². The van der Waals surface area contributed by atoms with E-state index in [0.29, 0.717) is 11.8 Å². The largest absolute Gasteiger partial charge is 0.478 e. The lowest BCUT2D eigenvalue weighted by Crippen LogP contribution is -2.60. The molecule has 4 aliphatic carbocycles. The van der Waals surface area contributed by atoms with Crippen molar-refractivity contribution >= 4 is 17.7 Å². The van der Waals surface area contributed by atoms with Crippen LogP contribution in [0.2, 0.25) is 0 Å². The zero-order valence-electron chi connectivity index (χ0n) is 17.9. The maximum absolute atomic E-state index is 12.6. The summed E-state index contributed by atoms with van der Waals surface area (Å²) in [4.78, 5) is 36.8. The highest BCUT2D eigenvalue weighted by Gasteiger charge is 2.72. The van der Waals surface area contributed by atoms with Crippen LogP contribution in [0.25, 0.3) is 0 Å². The molecule has 0 bridgehead atoms. The first-order valence-electron chi connectivity index (χ1n) is 11.0. The first-order chi connectivity index (χ1) is 13.6. The van der Waals surface area contributed by atoms with E-state index in [1.54, 1.807) is 13.0 Å². The number of ether oxygens (including phenoxy) is 1. The molecule has 5 heteroatoms. The number of esters is 1. The lowest BCUT2D eigenvalue weighted by atomic mass is 9.47. The highest BCUT2D eigenvalue weighted by Crippen LogP contribution is 2.69. The molecule has 0 heterocycles. The molecule has 0 aromatic carbocycles. The fraction of sp³-hybridized carbons (Fsp3) is 0.708. The molecule has 0 aromatic heterocycles. The number of carboxylic acid groups (broad SMARTS) is 1. The first-order valence-corrected chi connectivity index (χ1v) is 11.0. The van der Waals surface area contributed by atoms with Gasteiger partial charge in [0.15, 0.2) is 5.78 Å². The molecule has 4 rings (SSSR count). The molecular weight excluding hydrogens is 368 g/mol. The van der Waals surface area contributed by atoms with Gasteiger partial charge in [0.2, 0.25) is 5.60 Å². The second-order valence-corrected chi connectivity index (χ2v) is 10.1. The van der Waals surface area contributed by atoms with Crippen LogP contribution in [0.5, 0.6) is 0 Å². The Morgan fingerprint density at radius 2 is 1.97 bits per heavy atom. The van der Waals surface area contributed by atoms with Gasteiger partial charge in [-0.1, -0.05) is 39.3 Å². The zero-order valence-corrected chi connectivity index (χ0v) is 17.9. The average molecular weight is 401 g/mol. The van der Waals surface area contributed by atoms with Crippen LogP contribution in [0.1, 0.15) is 66.2 Å². The summed E-state index contributed by atoms with van der Waals surface area (Å²) >= 11 is 0. The fourth-order valence-electron chi connectivity index (χ4n) is 7.49. The van der Waals surface area contributed by atoms with Gasteiger partial charge in [-0.3, -0.25) is 9.59 Å². The van der Waals surface area contributed by atoms with E-state index in [-0.39, 0.29) is 29.5 Å². The van der Waals surface area contributed by atoms with Gasteiger partial charge in [0.25, 0.3) is 0 Å². The Hall–Kier alpha value is -1.91. The monoisotopic (exact) mass is 400 g/mol. The van der Waals surface area contributed by atoms with Crippen LogP contribution >= 0.6 is 0 Å². The van der Waals surface area contributed by atoms with E-state index in [4.69, 9.17) is 4.74 Å². The first kappa shape index (κ1) is 20.4. The van der Waals surface area contributed by atoms with Crippen LogP contribution in [0, 0.1) is 34.5 Å². The molecular formula is C24H32O5. The van der Waals surface area contributed by atoms with Gasteiger partial charge in [-0.25, -0.2) is 4.79 Å². The molecule has 3 fully saturated rings. The maximum atomic E-state index is 12.6. The van der Waals surface area contributed by atoms with Crippen molar-refractivity contribution in [2.75, 3.05) is 0 Å². The lowest BCUT2D eigenvalue weighted by molar-refractivity contribution is -0.206. The van der Waals surface area contributed by atoms with Gasteiger partial charge >= 0.3 is 11.9 Å². The molecule has 0 saturated heterocycles. The fourth-order valence-corrected chi connectivity index (χ4v) is 7.49. The van der Waals surface area contributed by atoms with Crippen LogP contribution in [0.3, 0.4) is 0 Å². The van der Waals surface area contributed by atoms with Gasteiger partial charge in [0, 0.05) is 23.2 Å². The minimum Gasteiger partial charge on any atom is -0.478 e. The molecule has 3 saturated carbocycles. The Labute approximate surface area is 172 Å². The quantitative estimate of drug-likeness (QED) is 0.714. The molecule has 158 valence electrons. The van der Waals surface area contributed by atoms with E-state index in [1.807, 2.05) is 19.9 Å². The van der Waals surface area contributed by atoms with Gasteiger partial charge in [-0.15, -0.1) is 0 Å². The summed E-state index contributed by atoms with van der Waals surface area (Å²) in [6.45, 7) is 7.93. The summed E-state index contributed by atoms with van der Waals surface area (Å²) < 4.78 is 5.81. The molecule has 7 atom stereocenters. The van der Waals surface area contributed by atoms with E-state index in [9.17, 15) is 19.5 Å². The number of hydrogen-bond donors (Lipinski definition) is 1. The number of ketones is 1. The zero-order chi connectivity index (χ0) is 21.2. The van der Waals surface area contributed by atoms with E-state index >= 15 is 0 Å². The van der Waals surface area contributed by atoms with Crippen molar-refractivity contribution in [1.29, 1.82) is 0 Å². The second kappa shape index (κ2) is 6.55. The van der Waals surface area contributed by atoms with Crippen LogP contribution in [-0.4, -0.2) is 28.4 Å². The number of rotatable bonds is 3. The minimum atomic E-state index is -1.45. The molecule has 0 unspecified atom stereocenters. The van der Waals surface area contributed by atoms with Gasteiger partial charge in [-0.05, 0) is 62.0 Å². The van der Waals surface area contributed by atoms with Crippen molar-refractivity contribution < 1.29 is 24.2 Å². The number of aliphatic carboxylic acids is 1. The second-order valence-electron chi connectivity index (χ2n) is 10.1. The average Bonchev–Trinajstić information content (AvgIpc) is 2.90. The standard InChI is InChI=1S/C24H32O5/c1-5-20(26)29-24(21(27)28)14(2)12-19-17-7-6-15-13-16(25)8-10-22(15,3)18(17)9-11-23(19,24)4/h8,10,13-14,17-19H,5-7,9,11-12H2,1-4H3,(H,27,28)/t14-,17-,18+,19+,22+,23+,24+/m1/s1. The molecule has 29 heavy (non-hydrogen) atoms. The third-order valence-corrected chi connectivity index (χ3v) is 8.98. The lowest BCUT2D eigenvalue weighted by Gasteiger charge is -2.57. The van der Waals surface area contributed by atoms with Gasteiger partial charge in [0.1, 0.15) is 0 Å². The van der Waals surface area contributed by atoms with Crippen molar-refractivity contribution in [3.8, 4) is 0 Å². The summed E-state index contributed by atoms with van der Waals surface area (Å²) in [5.74, 6) is -0.624. The third kappa shape index (κ3) is 2.55. The number of carbonyl (C=O) groups is 3.